The lowest BCUT2D eigenvalue weighted by Crippen LogP contribution is -2.49. The van der Waals surface area contributed by atoms with E-state index in [0.717, 1.165) is 31.5 Å². The predicted molar refractivity (Wildman–Crippen MR) is 62.5 cm³/mol. The van der Waals surface area contributed by atoms with Crippen LogP contribution in [0.4, 0.5) is 0 Å². The number of hydrogen-bond donors (Lipinski definition) is 1. The number of nitrogens with one attached hydrogen (secondary N) is 1. The molecule has 0 aromatic rings. The molecule has 0 radical (unpaired) electrons. The fourth-order valence-corrected chi connectivity index (χ4v) is 2.59. The van der Waals surface area contributed by atoms with Crippen LogP contribution in [0.15, 0.2) is 4.99 Å². The molecule has 1 amide bonds. The summed E-state index contributed by atoms with van der Waals surface area (Å²) < 4.78 is 5.91. The lowest BCUT2D eigenvalue weighted by Gasteiger charge is -2.36. The summed E-state index contributed by atoms with van der Waals surface area (Å²) in [6.45, 7) is 4.49. The Morgan fingerprint density at radius 2 is 2.12 bits per heavy atom. The Morgan fingerprint density at radius 1 is 1.44 bits per heavy atom. The molecule has 0 spiro atoms. The predicted octanol–water partition coefficient (Wildman–Crippen LogP) is 1.64. The molecular weight excluding hydrogens is 204 g/mol. The van der Waals surface area contributed by atoms with Gasteiger partial charge in [0.2, 0.25) is 5.91 Å². The molecule has 0 saturated heterocycles. The Morgan fingerprint density at radius 3 is 2.62 bits per heavy atom. The first kappa shape index (κ1) is 11.6. The Labute approximate surface area is 96.5 Å². The molecule has 1 aliphatic heterocycles. The minimum absolute atomic E-state index is 0.000323. The van der Waals surface area contributed by atoms with Gasteiger partial charge in [0.05, 0.1) is 0 Å². The Balaban J connectivity index is 2.19. The molecule has 1 unspecified atom stereocenters. The summed E-state index contributed by atoms with van der Waals surface area (Å²) in [4.78, 5) is 15.9. The average molecular weight is 224 g/mol. The third-order valence-electron chi connectivity index (χ3n) is 3.46. The number of hydrogen-bond acceptors (Lipinski definition) is 3. The van der Waals surface area contributed by atoms with Crippen LogP contribution >= 0.6 is 0 Å². The van der Waals surface area contributed by atoms with Gasteiger partial charge < -0.3 is 10.1 Å². The number of carbonyl (C=O) groups is 1. The SMILES string of the molecule is CCOC1(C2=NC(C)C(=O)N2)CCCCC1. The van der Waals surface area contributed by atoms with Gasteiger partial charge in [-0.25, -0.2) is 0 Å². The van der Waals surface area contributed by atoms with Gasteiger partial charge in [-0.2, -0.15) is 0 Å². The molecule has 4 nitrogen and oxygen atoms in total. The summed E-state index contributed by atoms with van der Waals surface area (Å²) in [5, 5.41) is 2.89. The highest BCUT2D eigenvalue weighted by Gasteiger charge is 2.42. The topological polar surface area (TPSA) is 50.7 Å². The van der Waals surface area contributed by atoms with Crippen LogP contribution in [0.3, 0.4) is 0 Å². The molecule has 1 N–H and O–H groups in total. The van der Waals surface area contributed by atoms with Gasteiger partial charge in [0.15, 0.2) is 0 Å². The Kier molecular flexibility index (Phi) is 3.28. The number of carbonyl (C=O) groups excluding carboxylic acids is 1. The summed E-state index contributed by atoms with van der Waals surface area (Å²) in [7, 11) is 0. The monoisotopic (exact) mass is 224 g/mol. The second-order valence-corrected chi connectivity index (χ2v) is 4.63. The highest BCUT2D eigenvalue weighted by molar-refractivity contribution is 6.09. The molecule has 0 aromatic heterocycles. The molecule has 2 rings (SSSR count). The van der Waals surface area contributed by atoms with E-state index in [1.165, 1.54) is 6.42 Å². The highest BCUT2D eigenvalue weighted by atomic mass is 16.5. The molecule has 4 heteroatoms. The maximum Gasteiger partial charge on any atom is 0.249 e. The van der Waals surface area contributed by atoms with Crippen LogP contribution in [0.5, 0.6) is 0 Å². The van der Waals surface area contributed by atoms with Gasteiger partial charge in [-0.15, -0.1) is 0 Å². The molecular formula is C12H20N2O2. The first-order chi connectivity index (χ1) is 7.68. The van der Waals surface area contributed by atoms with Crippen molar-refractivity contribution in [1.82, 2.24) is 5.32 Å². The fraction of sp³-hybridized carbons (Fsp3) is 0.833. The van der Waals surface area contributed by atoms with Crippen molar-refractivity contribution >= 4 is 11.7 Å². The minimum Gasteiger partial charge on any atom is -0.367 e. The lowest BCUT2D eigenvalue weighted by molar-refractivity contribution is -0.120. The molecule has 0 bridgehead atoms. The van der Waals surface area contributed by atoms with Crippen LogP contribution in [0.2, 0.25) is 0 Å². The zero-order valence-electron chi connectivity index (χ0n) is 10.1. The normalized spacial score (nSPS) is 28.8. The second-order valence-electron chi connectivity index (χ2n) is 4.63. The molecule has 1 saturated carbocycles. The van der Waals surface area contributed by atoms with E-state index in [1.54, 1.807) is 0 Å². The number of aliphatic imine (C=N–C) groups is 1. The van der Waals surface area contributed by atoms with Crippen LogP contribution in [-0.2, 0) is 9.53 Å². The maximum atomic E-state index is 11.5. The standard InChI is InChI=1S/C12H20N2O2/c1-3-16-12(7-5-4-6-8-12)11-13-9(2)10(15)14-11/h9H,3-8H2,1-2H3,(H,13,14,15). The van der Waals surface area contributed by atoms with Crippen molar-refractivity contribution in [2.45, 2.75) is 57.6 Å². The second kappa shape index (κ2) is 4.53. The molecule has 90 valence electrons. The Hall–Kier alpha value is -0.900. The van der Waals surface area contributed by atoms with E-state index < -0.39 is 0 Å². The maximum absolute atomic E-state index is 11.5. The molecule has 0 aromatic carbocycles. The Bertz CT molecular complexity index is 301. The van der Waals surface area contributed by atoms with Gasteiger partial charge in [0.25, 0.3) is 0 Å². The molecule has 2 aliphatic rings. The summed E-state index contributed by atoms with van der Waals surface area (Å²) >= 11 is 0. The molecule has 16 heavy (non-hydrogen) atoms. The lowest BCUT2D eigenvalue weighted by atomic mass is 9.83. The number of nitrogens with zero attached hydrogens (tertiary/aromatic N) is 1. The van der Waals surface area contributed by atoms with Crippen molar-refractivity contribution in [3.05, 3.63) is 0 Å². The van der Waals surface area contributed by atoms with E-state index >= 15 is 0 Å². The quantitative estimate of drug-likeness (QED) is 0.792. The summed E-state index contributed by atoms with van der Waals surface area (Å²) in [5.41, 5.74) is -0.312. The number of ether oxygens (including phenoxy) is 1. The summed E-state index contributed by atoms with van der Waals surface area (Å²) in [6, 6.07) is -0.255. The first-order valence-electron chi connectivity index (χ1n) is 6.21. The smallest absolute Gasteiger partial charge is 0.249 e. The van der Waals surface area contributed by atoms with Crippen LogP contribution in [-0.4, -0.2) is 30.0 Å². The van der Waals surface area contributed by atoms with Gasteiger partial charge in [-0.1, -0.05) is 19.3 Å². The van der Waals surface area contributed by atoms with E-state index in [2.05, 4.69) is 10.3 Å². The van der Waals surface area contributed by atoms with Crippen LogP contribution in [0.1, 0.15) is 46.0 Å². The van der Waals surface area contributed by atoms with Crippen LogP contribution < -0.4 is 5.32 Å². The average Bonchev–Trinajstić information content (AvgIpc) is 2.62. The molecule has 1 heterocycles. The molecule has 1 aliphatic carbocycles. The van der Waals surface area contributed by atoms with E-state index in [4.69, 9.17) is 4.74 Å². The zero-order chi connectivity index (χ0) is 11.6. The zero-order valence-corrected chi connectivity index (χ0v) is 10.1. The summed E-state index contributed by atoms with van der Waals surface area (Å²) in [5.74, 6) is 0.770. The molecule has 1 atom stereocenters. The minimum atomic E-state index is -0.312. The van der Waals surface area contributed by atoms with Crippen molar-refractivity contribution in [3.8, 4) is 0 Å². The van der Waals surface area contributed by atoms with E-state index in [9.17, 15) is 4.79 Å². The summed E-state index contributed by atoms with van der Waals surface area (Å²) in [6.07, 6.45) is 5.53. The fourth-order valence-electron chi connectivity index (χ4n) is 2.59. The van der Waals surface area contributed by atoms with Crippen LogP contribution in [0, 0.1) is 0 Å². The van der Waals surface area contributed by atoms with E-state index in [1.807, 2.05) is 13.8 Å². The van der Waals surface area contributed by atoms with E-state index in [0.29, 0.717) is 6.61 Å². The van der Waals surface area contributed by atoms with Gasteiger partial charge in [0, 0.05) is 6.61 Å². The number of amides is 1. The van der Waals surface area contributed by atoms with Gasteiger partial charge in [-0.3, -0.25) is 9.79 Å². The number of rotatable bonds is 3. The van der Waals surface area contributed by atoms with Crippen molar-refractivity contribution < 1.29 is 9.53 Å². The first-order valence-corrected chi connectivity index (χ1v) is 6.21. The van der Waals surface area contributed by atoms with Crippen molar-refractivity contribution in [3.63, 3.8) is 0 Å². The van der Waals surface area contributed by atoms with E-state index in [-0.39, 0.29) is 17.6 Å². The van der Waals surface area contributed by atoms with Crippen molar-refractivity contribution in [1.29, 1.82) is 0 Å². The van der Waals surface area contributed by atoms with Crippen molar-refractivity contribution in [2.24, 2.45) is 4.99 Å². The highest BCUT2D eigenvalue weighted by Crippen LogP contribution is 2.33. The van der Waals surface area contributed by atoms with Crippen LogP contribution in [0.25, 0.3) is 0 Å². The van der Waals surface area contributed by atoms with Gasteiger partial charge in [0.1, 0.15) is 17.5 Å². The van der Waals surface area contributed by atoms with Gasteiger partial charge >= 0.3 is 0 Å². The number of amidine groups is 1. The largest absolute Gasteiger partial charge is 0.367 e. The third-order valence-corrected chi connectivity index (χ3v) is 3.46. The van der Waals surface area contributed by atoms with Gasteiger partial charge in [-0.05, 0) is 26.7 Å². The molecule has 1 fully saturated rings. The van der Waals surface area contributed by atoms with Crippen molar-refractivity contribution in [2.75, 3.05) is 6.61 Å². The third kappa shape index (κ3) is 1.98.